The third-order valence-electron chi connectivity index (χ3n) is 8.67. The molecule has 0 bridgehead atoms. The standard InChI is InChI=1S/C39H28N2/c1-40-25-26-9-8-10-28(23-26)27-17-19-29(20-18-27)41-30-21-22-34-33-13-4-7-16-37(33)39(38(34)24-30)35-14-5-2-11-31(35)32-12-3-6-15-36(32)39/h2-25,41H,1H3. The first kappa shape index (κ1) is 23.7. The molecule has 1 spiro atoms. The van der Waals surface area contributed by atoms with Crippen molar-refractivity contribution in [1.82, 2.24) is 0 Å². The lowest BCUT2D eigenvalue weighted by molar-refractivity contribution is 0.794. The maximum Gasteiger partial charge on any atom is 0.0726 e. The Bertz CT molecular complexity index is 1920. The van der Waals surface area contributed by atoms with Gasteiger partial charge in [-0.05, 0) is 91.5 Å². The van der Waals surface area contributed by atoms with Gasteiger partial charge in [0, 0.05) is 24.6 Å². The Morgan fingerprint density at radius 3 is 1.66 bits per heavy atom. The number of anilines is 2. The summed E-state index contributed by atoms with van der Waals surface area (Å²) in [4.78, 5) is 4.16. The van der Waals surface area contributed by atoms with E-state index in [4.69, 9.17) is 0 Å². The predicted octanol–water partition coefficient (Wildman–Crippen LogP) is 9.49. The number of nitrogens with zero attached hydrogens (tertiary/aromatic N) is 1. The maximum atomic E-state index is 4.16. The summed E-state index contributed by atoms with van der Waals surface area (Å²) in [5.74, 6) is 0. The molecule has 0 unspecified atom stereocenters. The fraction of sp³-hybridized carbons (Fsp3) is 0.0513. The van der Waals surface area contributed by atoms with Crippen molar-refractivity contribution in [3.05, 3.63) is 167 Å². The van der Waals surface area contributed by atoms with Crippen molar-refractivity contribution >= 4 is 17.6 Å². The molecular weight excluding hydrogens is 496 g/mol. The van der Waals surface area contributed by atoms with Crippen LogP contribution in [0.5, 0.6) is 0 Å². The zero-order valence-electron chi connectivity index (χ0n) is 22.8. The van der Waals surface area contributed by atoms with Crippen LogP contribution in [-0.2, 0) is 5.41 Å². The van der Waals surface area contributed by atoms with Crippen LogP contribution in [0.15, 0.2) is 145 Å². The summed E-state index contributed by atoms with van der Waals surface area (Å²) in [6.07, 6.45) is 1.89. The van der Waals surface area contributed by atoms with Gasteiger partial charge in [-0.15, -0.1) is 0 Å². The van der Waals surface area contributed by atoms with Gasteiger partial charge in [0.15, 0.2) is 0 Å². The van der Waals surface area contributed by atoms with Crippen molar-refractivity contribution in [1.29, 1.82) is 0 Å². The molecular formula is C39H28N2. The molecule has 194 valence electrons. The average Bonchev–Trinajstić information content (AvgIpc) is 3.49. The molecule has 6 aromatic carbocycles. The topological polar surface area (TPSA) is 24.4 Å². The second-order valence-corrected chi connectivity index (χ2v) is 10.9. The quantitative estimate of drug-likeness (QED) is 0.228. The molecule has 0 aromatic heterocycles. The molecule has 0 saturated carbocycles. The van der Waals surface area contributed by atoms with Crippen LogP contribution < -0.4 is 5.32 Å². The van der Waals surface area contributed by atoms with Crippen LogP contribution in [0.2, 0.25) is 0 Å². The van der Waals surface area contributed by atoms with Gasteiger partial charge in [-0.2, -0.15) is 0 Å². The molecule has 2 heteroatoms. The van der Waals surface area contributed by atoms with Crippen LogP contribution >= 0.6 is 0 Å². The third kappa shape index (κ3) is 3.47. The van der Waals surface area contributed by atoms with Gasteiger partial charge < -0.3 is 5.32 Å². The fourth-order valence-corrected chi connectivity index (χ4v) is 7.03. The Kier molecular flexibility index (Phi) is 5.30. The minimum Gasteiger partial charge on any atom is -0.356 e. The molecule has 2 nitrogen and oxygen atoms in total. The van der Waals surface area contributed by atoms with E-state index in [1.807, 2.05) is 6.21 Å². The summed E-state index contributed by atoms with van der Waals surface area (Å²) in [6.45, 7) is 0. The van der Waals surface area contributed by atoms with Gasteiger partial charge >= 0.3 is 0 Å². The van der Waals surface area contributed by atoms with Crippen molar-refractivity contribution in [2.75, 3.05) is 12.4 Å². The number of benzene rings is 6. The monoisotopic (exact) mass is 524 g/mol. The fourth-order valence-electron chi connectivity index (χ4n) is 7.03. The van der Waals surface area contributed by atoms with Gasteiger partial charge in [0.25, 0.3) is 0 Å². The van der Waals surface area contributed by atoms with Crippen molar-refractivity contribution < 1.29 is 0 Å². The molecule has 0 fully saturated rings. The van der Waals surface area contributed by atoms with Crippen LogP contribution in [0.4, 0.5) is 11.4 Å². The Hall–Kier alpha value is -5.21. The van der Waals surface area contributed by atoms with Gasteiger partial charge in [0.05, 0.1) is 5.41 Å². The molecule has 1 N–H and O–H groups in total. The van der Waals surface area contributed by atoms with E-state index in [1.54, 1.807) is 7.05 Å². The maximum absolute atomic E-state index is 4.16. The molecule has 2 aliphatic rings. The van der Waals surface area contributed by atoms with E-state index in [0.29, 0.717) is 0 Å². The van der Waals surface area contributed by atoms with Crippen LogP contribution in [-0.4, -0.2) is 13.3 Å². The highest BCUT2D eigenvalue weighted by molar-refractivity contribution is 5.95. The zero-order valence-corrected chi connectivity index (χ0v) is 22.8. The van der Waals surface area contributed by atoms with Gasteiger partial charge in [-0.1, -0.05) is 109 Å². The smallest absolute Gasteiger partial charge is 0.0726 e. The summed E-state index contributed by atoms with van der Waals surface area (Å²) in [5, 5.41) is 3.70. The lowest BCUT2D eigenvalue weighted by Gasteiger charge is -2.30. The highest BCUT2D eigenvalue weighted by Gasteiger charge is 2.51. The Balaban J connectivity index is 1.23. The third-order valence-corrected chi connectivity index (χ3v) is 8.67. The Morgan fingerprint density at radius 1 is 0.488 bits per heavy atom. The average molecular weight is 525 g/mol. The minimum absolute atomic E-state index is 0.326. The Morgan fingerprint density at radius 2 is 1.05 bits per heavy atom. The van der Waals surface area contributed by atoms with Crippen molar-refractivity contribution in [2.45, 2.75) is 5.41 Å². The van der Waals surface area contributed by atoms with Crippen LogP contribution in [0.3, 0.4) is 0 Å². The van der Waals surface area contributed by atoms with Gasteiger partial charge in [0.2, 0.25) is 0 Å². The second kappa shape index (κ2) is 9.18. The molecule has 0 atom stereocenters. The van der Waals surface area contributed by atoms with Crippen LogP contribution in [0.1, 0.15) is 27.8 Å². The van der Waals surface area contributed by atoms with Crippen LogP contribution in [0.25, 0.3) is 33.4 Å². The molecule has 41 heavy (non-hydrogen) atoms. The summed E-state index contributed by atoms with van der Waals surface area (Å²) in [6, 6.07) is 50.8. The van der Waals surface area contributed by atoms with E-state index in [9.17, 15) is 0 Å². The number of hydrogen-bond acceptors (Lipinski definition) is 2. The molecule has 0 aliphatic heterocycles. The van der Waals surface area contributed by atoms with Crippen molar-refractivity contribution in [3.8, 4) is 33.4 Å². The predicted molar refractivity (Wildman–Crippen MR) is 171 cm³/mol. The van der Waals surface area contributed by atoms with E-state index in [-0.39, 0.29) is 5.41 Å². The van der Waals surface area contributed by atoms with Gasteiger partial charge in [-0.25, -0.2) is 0 Å². The number of rotatable bonds is 4. The molecule has 8 rings (SSSR count). The highest BCUT2D eigenvalue weighted by atomic mass is 14.9. The van der Waals surface area contributed by atoms with Crippen molar-refractivity contribution in [3.63, 3.8) is 0 Å². The molecule has 0 saturated heterocycles. The largest absolute Gasteiger partial charge is 0.356 e. The first-order chi connectivity index (χ1) is 20.3. The first-order valence-electron chi connectivity index (χ1n) is 14.1. The molecule has 6 aromatic rings. The lowest BCUT2D eigenvalue weighted by atomic mass is 9.70. The molecule has 0 heterocycles. The normalized spacial score (nSPS) is 13.6. The van der Waals surface area contributed by atoms with Crippen molar-refractivity contribution in [2.24, 2.45) is 4.99 Å². The van der Waals surface area contributed by atoms with E-state index >= 15 is 0 Å². The van der Waals surface area contributed by atoms with Gasteiger partial charge in [0.1, 0.15) is 0 Å². The first-order valence-corrected chi connectivity index (χ1v) is 14.1. The SMILES string of the molecule is CN=Cc1cccc(-c2ccc(Nc3ccc4c(c3)C3(c5ccccc5-c5ccccc53)c3ccccc3-4)cc2)c1. The Labute approximate surface area is 240 Å². The number of aliphatic imine (C=N–C) groups is 1. The zero-order chi connectivity index (χ0) is 27.4. The lowest BCUT2D eigenvalue weighted by Crippen LogP contribution is -2.25. The van der Waals surface area contributed by atoms with E-state index in [0.717, 1.165) is 16.9 Å². The number of fused-ring (bicyclic) bond motifs is 10. The van der Waals surface area contributed by atoms with Gasteiger partial charge in [-0.3, -0.25) is 4.99 Å². The van der Waals surface area contributed by atoms with E-state index in [2.05, 4.69) is 150 Å². The summed E-state index contributed by atoms with van der Waals surface area (Å²) in [7, 11) is 1.80. The van der Waals surface area contributed by atoms with Crippen LogP contribution in [0, 0.1) is 0 Å². The summed E-state index contributed by atoms with van der Waals surface area (Å²) in [5.41, 5.74) is 16.0. The highest BCUT2D eigenvalue weighted by Crippen LogP contribution is 2.62. The molecule has 0 radical (unpaired) electrons. The minimum atomic E-state index is -0.326. The second-order valence-electron chi connectivity index (χ2n) is 10.9. The van der Waals surface area contributed by atoms with E-state index in [1.165, 1.54) is 55.6 Å². The number of hydrogen-bond donors (Lipinski definition) is 1. The molecule has 2 aliphatic carbocycles. The molecule has 0 amide bonds. The summed E-state index contributed by atoms with van der Waals surface area (Å²) >= 11 is 0. The number of nitrogens with one attached hydrogen (secondary N) is 1. The summed E-state index contributed by atoms with van der Waals surface area (Å²) < 4.78 is 0. The van der Waals surface area contributed by atoms with E-state index < -0.39 is 0 Å².